The molecule has 0 aliphatic heterocycles. The molecule has 0 unspecified atom stereocenters. The lowest BCUT2D eigenvalue weighted by atomic mass is 9.95. The number of ether oxygens (including phenoxy) is 1. The minimum absolute atomic E-state index is 0.184. The molecule has 1 atom stereocenters. The lowest BCUT2D eigenvalue weighted by molar-refractivity contribution is 0.173. The van der Waals surface area contributed by atoms with Gasteiger partial charge in [-0.2, -0.15) is 0 Å². The standard InChI is InChI=1S/C30H32N6O3/c1-38-24-15-14-22-17-26(30(37)31-27(22)18-24)28(29-32-33-34-36(29)23-11-6-3-7-12-23)35(20-25-13-8-16-39-25)19-21-9-4-2-5-10-21/h2,4-5,8-10,13-18,23,28H,3,6-7,11-12,19-20H2,1H3,(H,31,37)/t28-/m1/s1. The van der Waals surface area contributed by atoms with Crippen molar-refractivity contribution in [1.82, 2.24) is 30.1 Å². The Kier molecular flexibility index (Phi) is 7.23. The summed E-state index contributed by atoms with van der Waals surface area (Å²) < 4.78 is 13.1. The number of methoxy groups -OCH3 is 1. The zero-order chi connectivity index (χ0) is 26.6. The molecule has 5 aromatic rings. The van der Waals surface area contributed by atoms with Crippen LogP contribution >= 0.6 is 0 Å². The van der Waals surface area contributed by atoms with Crippen LogP contribution in [0, 0.1) is 0 Å². The van der Waals surface area contributed by atoms with E-state index in [9.17, 15) is 4.79 Å². The molecule has 3 heterocycles. The van der Waals surface area contributed by atoms with E-state index in [0.717, 1.165) is 47.9 Å². The molecule has 0 amide bonds. The van der Waals surface area contributed by atoms with E-state index in [1.807, 2.05) is 59.3 Å². The van der Waals surface area contributed by atoms with Crippen LogP contribution in [0.2, 0.25) is 0 Å². The first-order valence-electron chi connectivity index (χ1n) is 13.5. The van der Waals surface area contributed by atoms with Gasteiger partial charge in [0.1, 0.15) is 17.6 Å². The van der Waals surface area contributed by atoms with E-state index >= 15 is 0 Å². The van der Waals surface area contributed by atoms with Crippen molar-refractivity contribution in [1.29, 1.82) is 0 Å². The predicted molar refractivity (Wildman–Crippen MR) is 147 cm³/mol. The zero-order valence-corrected chi connectivity index (χ0v) is 22.0. The van der Waals surface area contributed by atoms with Gasteiger partial charge in [0.15, 0.2) is 5.82 Å². The molecule has 2 aromatic carbocycles. The molecule has 1 aliphatic carbocycles. The summed E-state index contributed by atoms with van der Waals surface area (Å²) in [6.45, 7) is 1.05. The zero-order valence-electron chi connectivity index (χ0n) is 22.0. The van der Waals surface area contributed by atoms with Gasteiger partial charge in [0, 0.05) is 18.2 Å². The number of benzene rings is 2. The first kappa shape index (κ1) is 25.1. The summed E-state index contributed by atoms with van der Waals surface area (Å²) in [5.74, 6) is 2.16. The molecule has 1 saturated carbocycles. The first-order chi connectivity index (χ1) is 19.2. The van der Waals surface area contributed by atoms with Crippen LogP contribution in [0.1, 0.15) is 66.9 Å². The maximum absolute atomic E-state index is 13.8. The number of H-pyrrole nitrogens is 1. The number of rotatable bonds is 9. The van der Waals surface area contributed by atoms with E-state index in [0.29, 0.717) is 30.2 Å². The molecule has 1 fully saturated rings. The van der Waals surface area contributed by atoms with Gasteiger partial charge >= 0.3 is 0 Å². The molecule has 200 valence electrons. The Hall–Kier alpha value is -4.24. The molecular weight excluding hydrogens is 492 g/mol. The fraction of sp³-hybridized carbons (Fsp3) is 0.333. The number of nitrogens with one attached hydrogen (secondary N) is 1. The topological polar surface area (TPSA) is 102 Å². The maximum Gasteiger partial charge on any atom is 0.253 e. The third kappa shape index (κ3) is 5.35. The van der Waals surface area contributed by atoms with Crippen molar-refractivity contribution < 1.29 is 9.15 Å². The fourth-order valence-corrected chi connectivity index (χ4v) is 5.65. The van der Waals surface area contributed by atoms with Crippen LogP contribution in [0.15, 0.2) is 82.2 Å². The summed E-state index contributed by atoms with van der Waals surface area (Å²) in [6.07, 6.45) is 7.24. The Morgan fingerprint density at radius 2 is 1.90 bits per heavy atom. The van der Waals surface area contributed by atoms with Crippen molar-refractivity contribution in [2.75, 3.05) is 7.11 Å². The average Bonchev–Trinajstić information content (AvgIpc) is 3.67. The van der Waals surface area contributed by atoms with E-state index in [1.165, 1.54) is 6.42 Å². The summed E-state index contributed by atoms with van der Waals surface area (Å²) in [7, 11) is 1.62. The van der Waals surface area contributed by atoms with Crippen LogP contribution in [-0.4, -0.2) is 37.2 Å². The number of tetrazole rings is 1. The molecule has 0 radical (unpaired) electrons. The minimum Gasteiger partial charge on any atom is -0.497 e. The molecule has 0 spiro atoms. The third-order valence-corrected chi connectivity index (χ3v) is 7.59. The van der Waals surface area contributed by atoms with Gasteiger partial charge in [-0.1, -0.05) is 49.6 Å². The molecule has 39 heavy (non-hydrogen) atoms. The van der Waals surface area contributed by atoms with Crippen molar-refractivity contribution in [3.63, 3.8) is 0 Å². The van der Waals surface area contributed by atoms with Crippen molar-refractivity contribution in [2.45, 2.75) is 57.3 Å². The van der Waals surface area contributed by atoms with Crippen LogP contribution < -0.4 is 10.3 Å². The highest BCUT2D eigenvalue weighted by molar-refractivity contribution is 5.80. The molecule has 0 bridgehead atoms. The molecule has 9 heteroatoms. The number of fused-ring (bicyclic) bond motifs is 1. The van der Waals surface area contributed by atoms with Gasteiger partial charge in [0.2, 0.25) is 0 Å². The van der Waals surface area contributed by atoms with Gasteiger partial charge in [-0.05, 0) is 64.5 Å². The van der Waals surface area contributed by atoms with Gasteiger partial charge in [0.05, 0.1) is 31.5 Å². The Morgan fingerprint density at radius 3 is 2.67 bits per heavy atom. The first-order valence-corrected chi connectivity index (χ1v) is 13.5. The Bertz CT molecular complexity index is 1570. The van der Waals surface area contributed by atoms with E-state index in [1.54, 1.807) is 13.4 Å². The van der Waals surface area contributed by atoms with Gasteiger partial charge in [-0.25, -0.2) is 4.68 Å². The van der Waals surface area contributed by atoms with Crippen molar-refractivity contribution >= 4 is 10.9 Å². The summed E-state index contributed by atoms with van der Waals surface area (Å²) in [4.78, 5) is 19.1. The Labute approximate surface area is 226 Å². The minimum atomic E-state index is -0.512. The summed E-state index contributed by atoms with van der Waals surface area (Å²) in [5.41, 5.74) is 2.24. The number of nitrogens with zero attached hydrogens (tertiary/aromatic N) is 5. The second-order valence-corrected chi connectivity index (χ2v) is 10.2. The maximum atomic E-state index is 13.8. The Balaban J connectivity index is 1.52. The molecule has 1 N–H and O–H groups in total. The van der Waals surface area contributed by atoms with Crippen LogP contribution in [0.4, 0.5) is 0 Å². The number of aromatic amines is 1. The third-order valence-electron chi connectivity index (χ3n) is 7.59. The Morgan fingerprint density at radius 1 is 1.05 bits per heavy atom. The molecule has 6 rings (SSSR count). The SMILES string of the molecule is COc1ccc2cc([C@H](c3nnnn3C3CCCCC3)N(Cc3ccccc3)Cc3ccco3)c(=O)[nH]c2c1. The van der Waals surface area contributed by atoms with Crippen molar-refractivity contribution in [3.05, 3.63) is 106 Å². The van der Waals surface area contributed by atoms with E-state index in [-0.39, 0.29) is 11.6 Å². The highest BCUT2D eigenvalue weighted by Gasteiger charge is 2.33. The lowest BCUT2D eigenvalue weighted by Crippen LogP contribution is -2.35. The molecule has 0 saturated heterocycles. The smallest absolute Gasteiger partial charge is 0.253 e. The van der Waals surface area contributed by atoms with Crippen LogP contribution in [-0.2, 0) is 13.1 Å². The molecule has 1 aliphatic rings. The summed E-state index contributed by atoms with van der Waals surface area (Å²) >= 11 is 0. The van der Waals surface area contributed by atoms with Gasteiger partial charge in [-0.15, -0.1) is 5.10 Å². The quantitative estimate of drug-likeness (QED) is 0.275. The van der Waals surface area contributed by atoms with Gasteiger partial charge < -0.3 is 14.1 Å². The molecule has 9 nitrogen and oxygen atoms in total. The molecular formula is C30H32N6O3. The number of furan rings is 1. The fourth-order valence-electron chi connectivity index (χ4n) is 5.65. The number of hydrogen-bond donors (Lipinski definition) is 1. The largest absolute Gasteiger partial charge is 0.497 e. The normalized spacial score (nSPS) is 15.1. The van der Waals surface area contributed by atoms with Gasteiger partial charge in [-0.3, -0.25) is 9.69 Å². The molecule has 3 aromatic heterocycles. The van der Waals surface area contributed by atoms with Crippen molar-refractivity contribution in [3.8, 4) is 5.75 Å². The second-order valence-electron chi connectivity index (χ2n) is 10.2. The van der Waals surface area contributed by atoms with Crippen LogP contribution in [0.25, 0.3) is 10.9 Å². The number of pyridine rings is 1. The van der Waals surface area contributed by atoms with Crippen LogP contribution in [0.5, 0.6) is 5.75 Å². The lowest BCUT2D eigenvalue weighted by Gasteiger charge is -2.32. The van der Waals surface area contributed by atoms with Crippen LogP contribution in [0.3, 0.4) is 0 Å². The highest BCUT2D eigenvalue weighted by Crippen LogP contribution is 2.34. The monoisotopic (exact) mass is 524 g/mol. The summed E-state index contributed by atoms with van der Waals surface area (Å²) in [6, 6.07) is 21.4. The van der Waals surface area contributed by atoms with Crippen molar-refractivity contribution in [2.24, 2.45) is 0 Å². The summed E-state index contributed by atoms with van der Waals surface area (Å²) in [5, 5.41) is 14.1. The van der Waals surface area contributed by atoms with Gasteiger partial charge in [0.25, 0.3) is 5.56 Å². The average molecular weight is 525 g/mol. The number of hydrogen-bond acceptors (Lipinski definition) is 7. The van der Waals surface area contributed by atoms with E-state index in [4.69, 9.17) is 9.15 Å². The van der Waals surface area contributed by atoms with E-state index < -0.39 is 6.04 Å². The second kappa shape index (κ2) is 11.2. The van der Waals surface area contributed by atoms with E-state index in [2.05, 4.69) is 37.5 Å². The highest BCUT2D eigenvalue weighted by atomic mass is 16.5. The predicted octanol–water partition coefficient (Wildman–Crippen LogP) is 5.41. The number of aromatic nitrogens is 5.